The average molecular weight is 347 g/mol. The highest BCUT2D eigenvalue weighted by molar-refractivity contribution is 5.73. The largest absolute Gasteiger partial charge is 0.444 e. The van der Waals surface area contributed by atoms with Crippen LogP contribution in [0.3, 0.4) is 0 Å². The molecule has 0 spiro atoms. The Balaban J connectivity index is 1.94. The minimum atomic E-state index is -0.532. The van der Waals surface area contributed by atoms with E-state index in [1.165, 1.54) is 6.42 Å². The number of nitrogens with one attached hydrogen (secondary N) is 1. The van der Waals surface area contributed by atoms with E-state index in [4.69, 9.17) is 9.47 Å². The van der Waals surface area contributed by atoms with Gasteiger partial charge < -0.3 is 14.8 Å². The molecule has 5 heteroatoms. The Bertz CT molecular complexity index is 571. The van der Waals surface area contributed by atoms with Crippen molar-refractivity contribution in [3.8, 4) is 5.75 Å². The Morgan fingerprint density at radius 2 is 1.72 bits per heavy atom. The first-order valence-corrected chi connectivity index (χ1v) is 9.01. The summed E-state index contributed by atoms with van der Waals surface area (Å²) in [5, 5.41) is 2.85. The second kappa shape index (κ2) is 8.37. The van der Waals surface area contributed by atoms with Crippen LogP contribution in [0.2, 0.25) is 0 Å². The third-order valence-electron chi connectivity index (χ3n) is 4.42. The maximum atomic E-state index is 12.4. The fourth-order valence-electron chi connectivity index (χ4n) is 3.25. The zero-order valence-electron chi connectivity index (χ0n) is 15.5. The van der Waals surface area contributed by atoms with Crippen LogP contribution in [0.25, 0.3) is 0 Å². The van der Waals surface area contributed by atoms with Gasteiger partial charge in [-0.1, -0.05) is 37.5 Å². The monoisotopic (exact) mass is 347 g/mol. The number of carbonyl (C=O) groups excluding carboxylic acids is 2. The number of amides is 1. The van der Waals surface area contributed by atoms with Gasteiger partial charge in [0.25, 0.3) is 0 Å². The molecule has 1 saturated carbocycles. The van der Waals surface area contributed by atoms with Crippen LogP contribution < -0.4 is 10.1 Å². The summed E-state index contributed by atoms with van der Waals surface area (Å²) in [6.07, 6.45) is 4.98. The summed E-state index contributed by atoms with van der Waals surface area (Å²) in [4.78, 5) is 24.4. The average Bonchev–Trinajstić information content (AvgIpc) is 2.53. The first-order chi connectivity index (χ1) is 11.8. The lowest BCUT2D eigenvalue weighted by Gasteiger charge is -2.36. The number of benzene rings is 1. The minimum absolute atomic E-state index is 0.249. The second-order valence-corrected chi connectivity index (χ2v) is 7.88. The molecule has 0 heterocycles. The summed E-state index contributed by atoms with van der Waals surface area (Å²) < 4.78 is 10.8. The molecule has 1 aromatic rings. The van der Waals surface area contributed by atoms with E-state index in [0.717, 1.165) is 25.7 Å². The van der Waals surface area contributed by atoms with E-state index < -0.39 is 11.7 Å². The highest BCUT2D eigenvalue weighted by Gasteiger charge is 2.36. The normalized spacial score (nSPS) is 16.8. The number of para-hydroxylation sites is 1. The predicted octanol–water partition coefficient (Wildman–Crippen LogP) is 4.46. The summed E-state index contributed by atoms with van der Waals surface area (Å²) in [6.45, 7) is 5.94. The van der Waals surface area contributed by atoms with Gasteiger partial charge in [-0.3, -0.25) is 4.79 Å². The Hall–Kier alpha value is -2.04. The smallest absolute Gasteiger partial charge is 0.407 e. The standard InChI is InChI=1S/C20H29NO4/c1-19(2,3)25-18(23)21-15-20(12-8-5-9-13-20)14-17(22)24-16-10-6-4-7-11-16/h4,6-7,10-11H,5,8-9,12-15H2,1-3H3,(H,21,23). The molecule has 1 aromatic carbocycles. The van der Waals surface area contributed by atoms with E-state index in [0.29, 0.717) is 18.7 Å². The van der Waals surface area contributed by atoms with Crippen LogP contribution in [-0.4, -0.2) is 24.2 Å². The van der Waals surface area contributed by atoms with Gasteiger partial charge in [0.2, 0.25) is 0 Å². The van der Waals surface area contributed by atoms with Crippen molar-refractivity contribution in [1.29, 1.82) is 0 Å². The van der Waals surface area contributed by atoms with Crippen molar-refractivity contribution in [3.63, 3.8) is 0 Å². The quantitative estimate of drug-likeness (QED) is 0.631. The lowest BCUT2D eigenvalue weighted by molar-refractivity contribution is -0.137. The van der Waals surface area contributed by atoms with Gasteiger partial charge in [0, 0.05) is 6.54 Å². The lowest BCUT2D eigenvalue weighted by atomic mass is 9.71. The molecule has 138 valence electrons. The first kappa shape index (κ1) is 19.3. The van der Waals surface area contributed by atoms with Crippen LogP contribution >= 0.6 is 0 Å². The number of esters is 1. The highest BCUT2D eigenvalue weighted by atomic mass is 16.6. The second-order valence-electron chi connectivity index (χ2n) is 7.88. The summed E-state index contributed by atoms with van der Waals surface area (Å²) in [7, 11) is 0. The summed E-state index contributed by atoms with van der Waals surface area (Å²) in [6, 6.07) is 9.09. The lowest BCUT2D eigenvalue weighted by Crippen LogP contribution is -2.42. The third-order valence-corrected chi connectivity index (χ3v) is 4.42. The zero-order chi connectivity index (χ0) is 18.3. The molecule has 1 aliphatic carbocycles. The number of rotatable bonds is 5. The maximum Gasteiger partial charge on any atom is 0.407 e. The number of ether oxygens (including phenoxy) is 2. The molecule has 0 bridgehead atoms. The Morgan fingerprint density at radius 3 is 2.32 bits per heavy atom. The van der Waals surface area contributed by atoms with Crippen molar-refractivity contribution >= 4 is 12.1 Å². The molecule has 0 atom stereocenters. The minimum Gasteiger partial charge on any atom is -0.444 e. The van der Waals surface area contributed by atoms with Crippen LogP contribution in [-0.2, 0) is 9.53 Å². The Labute approximate surface area is 150 Å². The van der Waals surface area contributed by atoms with E-state index in [-0.39, 0.29) is 11.4 Å². The number of hydrogen-bond donors (Lipinski definition) is 1. The van der Waals surface area contributed by atoms with Crippen LogP contribution in [0.4, 0.5) is 4.79 Å². The van der Waals surface area contributed by atoms with Gasteiger partial charge in [-0.15, -0.1) is 0 Å². The molecule has 0 aliphatic heterocycles. The molecular weight excluding hydrogens is 318 g/mol. The molecule has 0 radical (unpaired) electrons. The van der Waals surface area contributed by atoms with Crippen LogP contribution in [0, 0.1) is 5.41 Å². The summed E-state index contributed by atoms with van der Waals surface area (Å²) in [5.41, 5.74) is -0.781. The molecule has 25 heavy (non-hydrogen) atoms. The topological polar surface area (TPSA) is 64.6 Å². The van der Waals surface area contributed by atoms with Gasteiger partial charge in [0.15, 0.2) is 0 Å². The van der Waals surface area contributed by atoms with Crippen molar-refractivity contribution in [3.05, 3.63) is 30.3 Å². The van der Waals surface area contributed by atoms with Gasteiger partial charge in [-0.05, 0) is 51.2 Å². The van der Waals surface area contributed by atoms with Crippen molar-refractivity contribution in [2.75, 3.05) is 6.54 Å². The fourth-order valence-corrected chi connectivity index (χ4v) is 3.25. The van der Waals surface area contributed by atoms with Crippen molar-refractivity contribution < 1.29 is 19.1 Å². The summed E-state index contributed by atoms with van der Waals surface area (Å²) >= 11 is 0. The first-order valence-electron chi connectivity index (χ1n) is 9.01. The molecule has 2 rings (SSSR count). The number of alkyl carbamates (subject to hydrolysis) is 1. The molecule has 5 nitrogen and oxygen atoms in total. The van der Waals surface area contributed by atoms with Gasteiger partial charge in [0.1, 0.15) is 11.4 Å². The number of hydrogen-bond acceptors (Lipinski definition) is 4. The van der Waals surface area contributed by atoms with Crippen LogP contribution in [0.15, 0.2) is 30.3 Å². The molecule has 1 amide bonds. The van der Waals surface area contributed by atoms with E-state index in [1.807, 2.05) is 39.0 Å². The van der Waals surface area contributed by atoms with Gasteiger partial charge in [-0.25, -0.2) is 4.79 Å². The van der Waals surface area contributed by atoms with Crippen LogP contribution in [0.5, 0.6) is 5.75 Å². The summed E-state index contributed by atoms with van der Waals surface area (Å²) in [5.74, 6) is 0.303. The Kier molecular flexibility index (Phi) is 6.45. The van der Waals surface area contributed by atoms with Gasteiger partial charge >= 0.3 is 12.1 Å². The molecule has 1 aliphatic rings. The van der Waals surface area contributed by atoms with E-state index in [9.17, 15) is 9.59 Å². The highest BCUT2D eigenvalue weighted by Crippen LogP contribution is 2.39. The molecular formula is C20H29NO4. The van der Waals surface area contributed by atoms with E-state index in [2.05, 4.69) is 5.32 Å². The molecule has 1 N–H and O–H groups in total. The number of carbonyl (C=O) groups is 2. The van der Waals surface area contributed by atoms with Crippen molar-refractivity contribution in [2.24, 2.45) is 5.41 Å². The van der Waals surface area contributed by atoms with E-state index in [1.54, 1.807) is 12.1 Å². The predicted molar refractivity (Wildman–Crippen MR) is 96.4 cm³/mol. The van der Waals surface area contributed by atoms with Crippen LogP contribution in [0.1, 0.15) is 59.3 Å². The van der Waals surface area contributed by atoms with Gasteiger partial charge in [0.05, 0.1) is 6.42 Å². The van der Waals surface area contributed by atoms with Gasteiger partial charge in [-0.2, -0.15) is 0 Å². The zero-order valence-corrected chi connectivity index (χ0v) is 15.5. The van der Waals surface area contributed by atoms with Crippen molar-refractivity contribution in [1.82, 2.24) is 5.32 Å². The maximum absolute atomic E-state index is 12.4. The molecule has 0 saturated heterocycles. The molecule has 0 unspecified atom stereocenters. The Morgan fingerprint density at radius 1 is 1.08 bits per heavy atom. The van der Waals surface area contributed by atoms with E-state index >= 15 is 0 Å². The molecule has 1 fully saturated rings. The SMILES string of the molecule is CC(C)(C)OC(=O)NCC1(CC(=O)Oc2ccccc2)CCCCC1. The fraction of sp³-hybridized carbons (Fsp3) is 0.600. The van der Waals surface area contributed by atoms with Crippen molar-refractivity contribution in [2.45, 2.75) is 64.9 Å². The molecule has 0 aromatic heterocycles. The third kappa shape index (κ3) is 6.77.